The molecule has 0 rings (SSSR count). The van der Waals surface area contributed by atoms with Gasteiger partial charge in [-0.25, -0.2) is 0 Å². The van der Waals surface area contributed by atoms with Gasteiger partial charge < -0.3 is 4.74 Å². The average molecular weight is 254 g/mol. The Morgan fingerprint density at radius 3 is 2.28 bits per heavy atom. The lowest BCUT2D eigenvalue weighted by molar-refractivity contribution is -0.151. The Morgan fingerprint density at radius 2 is 1.72 bits per heavy atom. The predicted octanol–water partition coefficient (Wildman–Crippen LogP) is 4.74. The van der Waals surface area contributed by atoms with E-state index in [1.807, 2.05) is 19.9 Å². The van der Waals surface area contributed by atoms with Crippen LogP contribution in [0.15, 0.2) is 12.2 Å². The van der Waals surface area contributed by atoms with E-state index in [9.17, 15) is 4.79 Å². The third-order valence-electron chi connectivity index (χ3n) is 2.94. The first-order valence-electron chi connectivity index (χ1n) is 7.36. The summed E-state index contributed by atoms with van der Waals surface area (Å²) in [5.41, 5.74) is 0. The van der Waals surface area contributed by atoms with Crippen molar-refractivity contribution in [3.8, 4) is 0 Å². The zero-order chi connectivity index (χ0) is 14.0. The van der Waals surface area contributed by atoms with E-state index >= 15 is 0 Å². The highest BCUT2D eigenvalue weighted by atomic mass is 16.5. The molecule has 0 fully saturated rings. The van der Waals surface area contributed by atoms with E-state index in [0.717, 1.165) is 12.8 Å². The summed E-state index contributed by atoms with van der Waals surface area (Å²) < 4.78 is 5.43. The molecular formula is C16H30O2. The SMILES string of the molecule is CCCCCCC(C)OC(=O)C(C)/C=C\C(C)C. The van der Waals surface area contributed by atoms with Crippen LogP contribution < -0.4 is 0 Å². The third kappa shape index (κ3) is 9.26. The van der Waals surface area contributed by atoms with Crippen LogP contribution in [-0.2, 0) is 9.53 Å². The topological polar surface area (TPSA) is 26.3 Å². The minimum atomic E-state index is -0.134. The van der Waals surface area contributed by atoms with E-state index in [4.69, 9.17) is 4.74 Å². The van der Waals surface area contributed by atoms with Gasteiger partial charge in [-0.15, -0.1) is 0 Å². The first kappa shape index (κ1) is 17.2. The molecule has 0 aromatic heterocycles. The molecule has 2 atom stereocenters. The van der Waals surface area contributed by atoms with Crippen molar-refractivity contribution in [3.63, 3.8) is 0 Å². The summed E-state index contributed by atoms with van der Waals surface area (Å²) >= 11 is 0. The summed E-state index contributed by atoms with van der Waals surface area (Å²) in [6.45, 7) is 10.3. The summed E-state index contributed by atoms with van der Waals surface area (Å²) in [4.78, 5) is 11.8. The molecule has 0 saturated heterocycles. The summed E-state index contributed by atoms with van der Waals surface area (Å²) in [5.74, 6) is 0.243. The van der Waals surface area contributed by atoms with Crippen molar-refractivity contribution in [2.75, 3.05) is 0 Å². The van der Waals surface area contributed by atoms with Gasteiger partial charge >= 0.3 is 5.97 Å². The Bertz CT molecular complexity index is 243. The number of rotatable bonds is 9. The molecule has 0 radical (unpaired) electrons. The molecule has 0 aliphatic rings. The maximum Gasteiger partial charge on any atom is 0.312 e. The van der Waals surface area contributed by atoms with E-state index < -0.39 is 0 Å². The normalized spacial score (nSPS) is 15.0. The molecule has 0 amide bonds. The summed E-state index contributed by atoms with van der Waals surface area (Å²) in [7, 11) is 0. The molecule has 0 saturated carbocycles. The monoisotopic (exact) mass is 254 g/mol. The van der Waals surface area contributed by atoms with Crippen LogP contribution in [0.4, 0.5) is 0 Å². The summed E-state index contributed by atoms with van der Waals surface area (Å²) in [6.07, 6.45) is 9.92. The van der Waals surface area contributed by atoms with Gasteiger partial charge in [0, 0.05) is 0 Å². The second-order valence-electron chi connectivity index (χ2n) is 5.51. The Morgan fingerprint density at radius 1 is 1.06 bits per heavy atom. The predicted molar refractivity (Wildman–Crippen MR) is 77.5 cm³/mol. The van der Waals surface area contributed by atoms with E-state index in [1.165, 1.54) is 19.3 Å². The molecule has 2 heteroatoms. The van der Waals surface area contributed by atoms with E-state index in [2.05, 4.69) is 26.8 Å². The quantitative estimate of drug-likeness (QED) is 0.337. The van der Waals surface area contributed by atoms with Crippen molar-refractivity contribution >= 4 is 5.97 Å². The van der Waals surface area contributed by atoms with Crippen molar-refractivity contribution in [1.29, 1.82) is 0 Å². The van der Waals surface area contributed by atoms with Gasteiger partial charge in [0.2, 0.25) is 0 Å². The maximum absolute atomic E-state index is 11.8. The van der Waals surface area contributed by atoms with Crippen molar-refractivity contribution in [2.24, 2.45) is 11.8 Å². The Labute approximate surface area is 113 Å². The maximum atomic E-state index is 11.8. The highest BCUT2D eigenvalue weighted by Crippen LogP contribution is 2.11. The second-order valence-corrected chi connectivity index (χ2v) is 5.51. The fourth-order valence-corrected chi connectivity index (χ4v) is 1.69. The summed E-state index contributed by atoms with van der Waals surface area (Å²) in [5, 5.41) is 0. The molecule has 2 unspecified atom stereocenters. The number of esters is 1. The van der Waals surface area contributed by atoms with E-state index in [-0.39, 0.29) is 18.0 Å². The van der Waals surface area contributed by atoms with Gasteiger partial charge in [-0.1, -0.05) is 52.2 Å². The Hall–Kier alpha value is -0.790. The van der Waals surface area contributed by atoms with Crippen LogP contribution in [0.1, 0.15) is 66.7 Å². The molecule has 18 heavy (non-hydrogen) atoms. The number of unbranched alkanes of at least 4 members (excludes halogenated alkanes) is 3. The van der Waals surface area contributed by atoms with Crippen LogP contribution in [-0.4, -0.2) is 12.1 Å². The molecule has 0 aliphatic heterocycles. The van der Waals surface area contributed by atoms with Crippen molar-refractivity contribution < 1.29 is 9.53 Å². The van der Waals surface area contributed by atoms with Gasteiger partial charge in [-0.05, 0) is 32.6 Å². The van der Waals surface area contributed by atoms with E-state index in [1.54, 1.807) is 0 Å². The molecule has 0 bridgehead atoms. The molecule has 2 nitrogen and oxygen atoms in total. The lowest BCUT2D eigenvalue weighted by Crippen LogP contribution is -2.19. The smallest absolute Gasteiger partial charge is 0.312 e. The molecule has 0 N–H and O–H groups in total. The van der Waals surface area contributed by atoms with Gasteiger partial charge in [0.25, 0.3) is 0 Å². The van der Waals surface area contributed by atoms with Crippen molar-refractivity contribution in [3.05, 3.63) is 12.2 Å². The van der Waals surface area contributed by atoms with Crippen LogP contribution in [0.2, 0.25) is 0 Å². The minimum absolute atomic E-state index is 0.0456. The number of carbonyl (C=O) groups is 1. The van der Waals surface area contributed by atoms with Crippen molar-refractivity contribution in [2.45, 2.75) is 72.8 Å². The van der Waals surface area contributed by atoms with Gasteiger partial charge in [-0.3, -0.25) is 4.79 Å². The zero-order valence-electron chi connectivity index (χ0n) is 12.7. The largest absolute Gasteiger partial charge is 0.462 e. The number of carbonyl (C=O) groups excluding carboxylic acids is 1. The fraction of sp³-hybridized carbons (Fsp3) is 0.812. The van der Waals surface area contributed by atoms with Crippen LogP contribution in [0.3, 0.4) is 0 Å². The van der Waals surface area contributed by atoms with E-state index in [0.29, 0.717) is 5.92 Å². The first-order chi connectivity index (χ1) is 8.47. The molecule has 0 aliphatic carbocycles. The van der Waals surface area contributed by atoms with Crippen molar-refractivity contribution in [1.82, 2.24) is 0 Å². The Kier molecular flexibility index (Phi) is 9.72. The van der Waals surface area contributed by atoms with Crippen LogP contribution in [0.5, 0.6) is 0 Å². The molecule has 0 aromatic rings. The van der Waals surface area contributed by atoms with Gasteiger partial charge in [0.1, 0.15) is 0 Å². The number of hydrogen-bond donors (Lipinski definition) is 0. The van der Waals surface area contributed by atoms with Crippen LogP contribution in [0, 0.1) is 11.8 Å². The fourth-order valence-electron chi connectivity index (χ4n) is 1.69. The molecule has 0 aromatic carbocycles. The number of ether oxygens (including phenoxy) is 1. The second kappa shape index (κ2) is 10.2. The highest BCUT2D eigenvalue weighted by molar-refractivity contribution is 5.74. The molecule has 106 valence electrons. The Balaban J connectivity index is 3.84. The standard InChI is InChI=1S/C16H30O2/c1-6-7-8-9-10-15(5)18-16(17)14(4)12-11-13(2)3/h11-15H,6-10H2,1-5H3/b12-11-. The van der Waals surface area contributed by atoms with Gasteiger partial charge in [-0.2, -0.15) is 0 Å². The lowest BCUT2D eigenvalue weighted by atomic mass is 10.1. The van der Waals surface area contributed by atoms with Gasteiger partial charge in [0.15, 0.2) is 0 Å². The van der Waals surface area contributed by atoms with Crippen LogP contribution >= 0.6 is 0 Å². The minimum Gasteiger partial charge on any atom is -0.462 e. The highest BCUT2D eigenvalue weighted by Gasteiger charge is 2.14. The first-order valence-corrected chi connectivity index (χ1v) is 7.36. The average Bonchev–Trinajstić information content (AvgIpc) is 2.31. The zero-order valence-corrected chi connectivity index (χ0v) is 12.7. The van der Waals surface area contributed by atoms with Gasteiger partial charge in [0.05, 0.1) is 12.0 Å². The third-order valence-corrected chi connectivity index (χ3v) is 2.94. The van der Waals surface area contributed by atoms with Crippen LogP contribution in [0.25, 0.3) is 0 Å². The molecule has 0 spiro atoms. The molecular weight excluding hydrogens is 224 g/mol. The summed E-state index contributed by atoms with van der Waals surface area (Å²) in [6, 6.07) is 0. The number of hydrogen-bond acceptors (Lipinski definition) is 2. The lowest BCUT2D eigenvalue weighted by Gasteiger charge is -2.15. The number of allylic oxidation sites excluding steroid dienone is 1. The molecule has 0 heterocycles.